The molecule has 0 fully saturated rings. The van der Waals surface area contributed by atoms with Gasteiger partial charge in [-0.15, -0.1) is 0 Å². The van der Waals surface area contributed by atoms with E-state index in [0.29, 0.717) is 5.56 Å². The van der Waals surface area contributed by atoms with E-state index >= 15 is 0 Å². The van der Waals surface area contributed by atoms with Gasteiger partial charge in [0.25, 0.3) is 0 Å². The van der Waals surface area contributed by atoms with Crippen LogP contribution in [-0.4, -0.2) is 27.0 Å². The first-order chi connectivity index (χ1) is 7.41. The molecule has 5 heteroatoms. The van der Waals surface area contributed by atoms with E-state index in [1.54, 1.807) is 6.92 Å². The number of benzene rings is 1. The molecule has 16 heavy (non-hydrogen) atoms. The van der Waals surface area contributed by atoms with E-state index in [0.717, 1.165) is 0 Å². The molecule has 0 heterocycles. The van der Waals surface area contributed by atoms with Crippen LogP contribution in [0.1, 0.15) is 24.8 Å². The van der Waals surface area contributed by atoms with Crippen molar-refractivity contribution in [2.24, 2.45) is 0 Å². The topological polar surface area (TPSA) is 102 Å². The molecule has 0 saturated heterocycles. The Bertz CT molecular complexity index is 428. The number of hydrogen-bond donors (Lipinski definition) is 4. The molecule has 1 aromatic rings. The summed E-state index contributed by atoms with van der Waals surface area (Å²) in [6.45, 7) is 1.71. The Morgan fingerprint density at radius 3 is 2.56 bits per heavy atom. The summed E-state index contributed by atoms with van der Waals surface area (Å²) in [6, 6.07) is 4.12. The first kappa shape index (κ1) is 12.0. The van der Waals surface area contributed by atoms with E-state index in [1.807, 2.05) is 0 Å². The maximum atomic E-state index is 10.5. The number of phenolic OH excluding ortho intramolecular Hbond substituents is 2. The Morgan fingerprint density at radius 1 is 1.44 bits per heavy atom. The number of phenols is 2. The Hall–Kier alpha value is -2.04. The summed E-state index contributed by atoms with van der Waals surface area (Å²) in [4.78, 5) is 10.5. The Kier molecular flexibility index (Phi) is 3.50. The van der Waals surface area contributed by atoms with Crippen LogP contribution in [0.15, 0.2) is 18.2 Å². The first-order valence-electron chi connectivity index (χ1n) is 4.74. The molecule has 1 rings (SSSR count). The molecule has 1 aromatic carbocycles. The fraction of sp³-hybridized carbons (Fsp3) is 0.273. The zero-order chi connectivity index (χ0) is 12.3. The molecule has 0 aliphatic heterocycles. The monoisotopic (exact) mass is 223 g/mol. The van der Waals surface area contributed by atoms with Gasteiger partial charge in [0.15, 0.2) is 0 Å². The van der Waals surface area contributed by atoms with Crippen molar-refractivity contribution >= 4 is 11.7 Å². The van der Waals surface area contributed by atoms with E-state index in [9.17, 15) is 9.90 Å². The van der Waals surface area contributed by atoms with Crippen LogP contribution in [0.5, 0.6) is 11.5 Å². The Balaban J connectivity index is 2.84. The second-order valence-electron chi connectivity index (χ2n) is 3.63. The van der Waals surface area contributed by atoms with Crippen molar-refractivity contribution in [2.75, 3.05) is 0 Å². The van der Waals surface area contributed by atoms with Crippen LogP contribution in [-0.2, 0) is 4.79 Å². The molecular formula is C11H13NO4. The van der Waals surface area contributed by atoms with Crippen molar-refractivity contribution in [3.8, 4) is 11.5 Å². The van der Waals surface area contributed by atoms with Gasteiger partial charge in [0.1, 0.15) is 17.2 Å². The molecule has 86 valence electrons. The smallest absolute Gasteiger partial charge is 0.349 e. The van der Waals surface area contributed by atoms with Crippen LogP contribution in [0.4, 0.5) is 0 Å². The second kappa shape index (κ2) is 4.65. The highest BCUT2D eigenvalue weighted by Crippen LogP contribution is 2.30. The highest BCUT2D eigenvalue weighted by atomic mass is 16.4. The van der Waals surface area contributed by atoms with Crippen molar-refractivity contribution in [2.45, 2.75) is 19.3 Å². The normalized spacial score (nSPS) is 12.1. The van der Waals surface area contributed by atoms with E-state index in [1.165, 1.54) is 18.2 Å². The van der Waals surface area contributed by atoms with Crippen LogP contribution in [0.3, 0.4) is 0 Å². The van der Waals surface area contributed by atoms with Crippen molar-refractivity contribution in [1.82, 2.24) is 0 Å². The van der Waals surface area contributed by atoms with E-state index in [-0.39, 0.29) is 23.8 Å². The number of hydrogen-bond acceptors (Lipinski definition) is 4. The molecular weight excluding hydrogens is 210 g/mol. The average molecular weight is 223 g/mol. The molecule has 5 nitrogen and oxygen atoms in total. The molecule has 0 radical (unpaired) electrons. The Labute approximate surface area is 92.5 Å². The van der Waals surface area contributed by atoms with Gasteiger partial charge in [-0.25, -0.2) is 4.79 Å². The number of carboxylic acid groups (broad SMARTS) is 1. The number of rotatable bonds is 4. The van der Waals surface area contributed by atoms with Gasteiger partial charge >= 0.3 is 5.97 Å². The van der Waals surface area contributed by atoms with Gasteiger partial charge in [-0.3, -0.25) is 5.41 Å². The highest BCUT2D eigenvalue weighted by molar-refractivity contribution is 6.34. The minimum Gasteiger partial charge on any atom is -0.508 e. The number of aromatic hydroxyl groups is 2. The molecule has 0 amide bonds. The molecule has 1 atom stereocenters. The van der Waals surface area contributed by atoms with Crippen molar-refractivity contribution in [1.29, 1.82) is 5.41 Å². The van der Waals surface area contributed by atoms with E-state index < -0.39 is 11.7 Å². The molecule has 0 aromatic heterocycles. The number of carbonyl (C=O) groups is 1. The predicted molar refractivity (Wildman–Crippen MR) is 58.2 cm³/mol. The molecule has 4 N–H and O–H groups in total. The second-order valence-corrected chi connectivity index (χ2v) is 3.63. The third-order valence-corrected chi connectivity index (χ3v) is 2.31. The van der Waals surface area contributed by atoms with Crippen LogP contribution >= 0.6 is 0 Å². The van der Waals surface area contributed by atoms with Gasteiger partial charge in [-0.1, -0.05) is 13.0 Å². The number of nitrogens with one attached hydrogen (secondary N) is 1. The maximum absolute atomic E-state index is 10.5. The van der Waals surface area contributed by atoms with Crippen LogP contribution in [0.2, 0.25) is 0 Å². The Morgan fingerprint density at radius 2 is 2.06 bits per heavy atom. The lowest BCUT2D eigenvalue weighted by Crippen LogP contribution is -2.14. The molecule has 0 aliphatic carbocycles. The van der Waals surface area contributed by atoms with Crippen molar-refractivity contribution < 1.29 is 20.1 Å². The standard InChI is InChI=1S/C11H13NO4/c1-6(4-9(12)11(15)16)8-3-2-7(13)5-10(8)14/h2-3,5-6,12-14H,4H2,1H3,(H,15,16). The molecule has 0 bridgehead atoms. The van der Waals surface area contributed by atoms with Crippen LogP contribution < -0.4 is 0 Å². The minimum absolute atomic E-state index is 0.0354. The van der Waals surface area contributed by atoms with Gasteiger partial charge in [0.2, 0.25) is 0 Å². The maximum Gasteiger partial charge on any atom is 0.349 e. The lowest BCUT2D eigenvalue weighted by atomic mass is 9.94. The summed E-state index contributed by atoms with van der Waals surface area (Å²) < 4.78 is 0. The van der Waals surface area contributed by atoms with E-state index in [2.05, 4.69) is 0 Å². The third kappa shape index (κ3) is 2.73. The quantitative estimate of drug-likeness (QED) is 0.583. The largest absolute Gasteiger partial charge is 0.508 e. The summed E-state index contributed by atoms with van der Waals surface area (Å²) >= 11 is 0. The van der Waals surface area contributed by atoms with Crippen LogP contribution in [0.25, 0.3) is 0 Å². The lowest BCUT2D eigenvalue weighted by Gasteiger charge is -2.12. The van der Waals surface area contributed by atoms with Crippen molar-refractivity contribution in [3.63, 3.8) is 0 Å². The predicted octanol–water partition coefficient (Wildman–Crippen LogP) is 1.70. The number of aliphatic carboxylic acids is 1. The fourth-order valence-electron chi connectivity index (χ4n) is 1.45. The van der Waals surface area contributed by atoms with Gasteiger partial charge in [0, 0.05) is 12.5 Å². The lowest BCUT2D eigenvalue weighted by molar-refractivity contribution is -0.129. The van der Waals surface area contributed by atoms with Gasteiger partial charge in [-0.05, 0) is 17.5 Å². The number of carboxylic acids is 1. The fourth-order valence-corrected chi connectivity index (χ4v) is 1.45. The van der Waals surface area contributed by atoms with Gasteiger partial charge < -0.3 is 15.3 Å². The zero-order valence-corrected chi connectivity index (χ0v) is 8.77. The highest BCUT2D eigenvalue weighted by Gasteiger charge is 2.16. The summed E-state index contributed by atoms with van der Waals surface area (Å²) in [6.07, 6.45) is 0.0354. The first-order valence-corrected chi connectivity index (χ1v) is 4.74. The molecule has 0 saturated carbocycles. The minimum atomic E-state index is -1.26. The molecule has 1 unspecified atom stereocenters. The summed E-state index contributed by atoms with van der Waals surface area (Å²) in [5.41, 5.74) is 0.115. The SMILES string of the molecule is CC(CC(=N)C(=O)O)c1ccc(O)cc1O. The summed E-state index contributed by atoms with van der Waals surface area (Å²) in [7, 11) is 0. The zero-order valence-electron chi connectivity index (χ0n) is 8.77. The summed E-state index contributed by atoms with van der Waals surface area (Å²) in [5.74, 6) is -1.69. The van der Waals surface area contributed by atoms with E-state index in [4.69, 9.17) is 15.6 Å². The molecule has 0 aliphatic rings. The van der Waals surface area contributed by atoms with Crippen LogP contribution in [0, 0.1) is 5.41 Å². The molecule has 0 spiro atoms. The van der Waals surface area contributed by atoms with Gasteiger partial charge in [0.05, 0.1) is 0 Å². The third-order valence-electron chi connectivity index (χ3n) is 2.31. The summed E-state index contributed by atoms with van der Waals surface area (Å²) in [5, 5.41) is 34.4. The van der Waals surface area contributed by atoms with Crippen molar-refractivity contribution in [3.05, 3.63) is 23.8 Å². The van der Waals surface area contributed by atoms with Gasteiger partial charge in [-0.2, -0.15) is 0 Å². The average Bonchev–Trinajstić information content (AvgIpc) is 2.16.